The smallest absolute Gasteiger partial charge is 0.0346 e. The summed E-state index contributed by atoms with van der Waals surface area (Å²) < 4.78 is 0. The van der Waals surface area contributed by atoms with Crippen LogP contribution in [0.5, 0.6) is 0 Å². The summed E-state index contributed by atoms with van der Waals surface area (Å²) in [5.41, 5.74) is 3.56. The Morgan fingerprint density at radius 1 is 1.58 bits per heavy atom. The van der Waals surface area contributed by atoms with E-state index in [9.17, 15) is 0 Å². The van der Waals surface area contributed by atoms with Gasteiger partial charge in [-0.25, -0.2) is 0 Å². The zero-order chi connectivity index (χ0) is 8.97. The Kier molecular flexibility index (Phi) is 2.81. The first-order chi connectivity index (χ1) is 5.79. The van der Waals surface area contributed by atoms with Gasteiger partial charge < -0.3 is 0 Å². The van der Waals surface area contributed by atoms with E-state index in [2.05, 4.69) is 24.6 Å². The van der Waals surface area contributed by atoms with Gasteiger partial charge >= 0.3 is 0 Å². The van der Waals surface area contributed by atoms with E-state index < -0.39 is 0 Å². The molecule has 12 heavy (non-hydrogen) atoms. The molecule has 1 aromatic rings. The quantitative estimate of drug-likeness (QED) is 0.646. The Hall–Kier alpha value is -1.37. The van der Waals surface area contributed by atoms with Gasteiger partial charge in [-0.1, -0.05) is 18.7 Å². The van der Waals surface area contributed by atoms with Crippen molar-refractivity contribution in [3.63, 3.8) is 0 Å². The van der Waals surface area contributed by atoms with Crippen LogP contribution in [0.1, 0.15) is 25.0 Å². The number of hydrogen-bond donors (Lipinski definition) is 0. The second-order valence-corrected chi connectivity index (χ2v) is 2.64. The molecule has 0 aliphatic carbocycles. The Morgan fingerprint density at radius 3 is 2.92 bits per heavy atom. The summed E-state index contributed by atoms with van der Waals surface area (Å²) in [4.78, 5) is 4.03. The molecule has 0 spiro atoms. The first kappa shape index (κ1) is 8.72. The average molecular weight is 159 g/mol. The lowest BCUT2D eigenvalue weighted by Gasteiger charge is -2.03. The van der Waals surface area contributed by atoms with Gasteiger partial charge in [0.1, 0.15) is 0 Å². The Morgan fingerprint density at radius 2 is 2.33 bits per heavy atom. The van der Waals surface area contributed by atoms with Gasteiger partial charge in [-0.2, -0.15) is 0 Å². The van der Waals surface area contributed by atoms with Crippen LogP contribution >= 0.6 is 0 Å². The lowest BCUT2D eigenvalue weighted by molar-refractivity contribution is 1.30. The van der Waals surface area contributed by atoms with Crippen molar-refractivity contribution in [2.75, 3.05) is 0 Å². The van der Waals surface area contributed by atoms with E-state index in [0.717, 1.165) is 5.56 Å². The molecule has 0 atom stereocenters. The number of hydrogen-bond acceptors (Lipinski definition) is 1. The maximum atomic E-state index is 4.03. The molecule has 1 heterocycles. The normalized spacial score (nSPS) is 11.3. The van der Waals surface area contributed by atoms with Crippen molar-refractivity contribution in [3.05, 3.63) is 42.2 Å². The van der Waals surface area contributed by atoms with Crippen LogP contribution in [-0.4, -0.2) is 4.98 Å². The summed E-state index contributed by atoms with van der Waals surface area (Å²) in [7, 11) is 0. The Balaban J connectivity index is 3.22. The molecule has 62 valence electrons. The molecule has 0 aliphatic rings. The molecule has 0 unspecified atom stereocenters. The van der Waals surface area contributed by atoms with Crippen molar-refractivity contribution in [2.45, 2.75) is 13.8 Å². The predicted molar refractivity (Wildman–Crippen MR) is 53.7 cm³/mol. The second-order valence-electron chi connectivity index (χ2n) is 2.64. The fraction of sp³-hybridized carbons (Fsp3) is 0.182. The van der Waals surface area contributed by atoms with Crippen molar-refractivity contribution >= 4 is 11.6 Å². The van der Waals surface area contributed by atoms with Crippen molar-refractivity contribution in [2.24, 2.45) is 0 Å². The lowest BCUT2D eigenvalue weighted by atomic mass is 10.0. The van der Waals surface area contributed by atoms with Gasteiger partial charge in [0, 0.05) is 12.4 Å². The summed E-state index contributed by atoms with van der Waals surface area (Å²) in [6.45, 7) is 7.86. The molecule has 0 radical (unpaired) electrons. The van der Waals surface area contributed by atoms with Gasteiger partial charge in [-0.3, -0.25) is 4.98 Å². The van der Waals surface area contributed by atoms with E-state index in [4.69, 9.17) is 0 Å². The second kappa shape index (κ2) is 3.86. The monoisotopic (exact) mass is 159 g/mol. The zero-order valence-electron chi connectivity index (χ0n) is 7.54. The maximum absolute atomic E-state index is 4.03. The molecule has 0 aliphatic heterocycles. The first-order valence-corrected chi connectivity index (χ1v) is 3.99. The molecule has 0 bridgehead atoms. The largest absolute Gasteiger partial charge is 0.264 e. The molecule has 0 N–H and O–H groups in total. The van der Waals surface area contributed by atoms with E-state index in [1.165, 1.54) is 11.1 Å². The molecule has 0 amide bonds. The molecular formula is C11H13N. The minimum Gasteiger partial charge on any atom is -0.264 e. The van der Waals surface area contributed by atoms with Crippen molar-refractivity contribution in [3.8, 4) is 0 Å². The van der Waals surface area contributed by atoms with Gasteiger partial charge in [0.2, 0.25) is 0 Å². The first-order valence-electron chi connectivity index (χ1n) is 3.99. The van der Waals surface area contributed by atoms with Gasteiger partial charge in [-0.15, -0.1) is 0 Å². The summed E-state index contributed by atoms with van der Waals surface area (Å²) >= 11 is 0. The van der Waals surface area contributed by atoms with E-state index in [0.29, 0.717) is 0 Å². The highest BCUT2D eigenvalue weighted by atomic mass is 14.6. The number of aromatic nitrogens is 1. The van der Waals surface area contributed by atoms with Crippen LogP contribution in [0.4, 0.5) is 0 Å². The van der Waals surface area contributed by atoms with Crippen LogP contribution in [0.2, 0.25) is 0 Å². The molecule has 0 aromatic carbocycles. The predicted octanol–water partition coefficient (Wildman–Crippen LogP) is 3.15. The van der Waals surface area contributed by atoms with Gasteiger partial charge in [0.15, 0.2) is 0 Å². The van der Waals surface area contributed by atoms with Crippen molar-refractivity contribution in [1.82, 2.24) is 4.98 Å². The van der Waals surface area contributed by atoms with Crippen LogP contribution in [-0.2, 0) is 0 Å². The fourth-order valence-corrected chi connectivity index (χ4v) is 1.08. The SMILES string of the molecule is C=Cc1cnccc1/C(C)=C\C. The topological polar surface area (TPSA) is 12.9 Å². The Labute approximate surface area is 73.5 Å². The summed E-state index contributed by atoms with van der Waals surface area (Å²) in [5.74, 6) is 0. The van der Waals surface area contributed by atoms with E-state index in [1.807, 2.05) is 25.3 Å². The van der Waals surface area contributed by atoms with Crippen LogP contribution in [0.25, 0.3) is 11.6 Å². The highest BCUT2D eigenvalue weighted by molar-refractivity contribution is 5.71. The molecule has 0 saturated carbocycles. The van der Waals surface area contributed by atoms with Crippen molar-refractivity contribution < 1.29 is 0 Å². The molecule has 0 fully saturated rings. The Bertz CT molecular complexity index is 311. The van der Waals surface area contributed by atoms with Crippen LogP contribution < -0.4 is 0 Å². The fourth-order valence-electron chi connectivity index (χ4n) is 1.08. The molecule has 0 saturated heterocycles. The lowest BCUT2D eigenvalue weighted by Crippen LogP contribution is -1.85. The molecule has 1 nitrogen and oxygen atoms in total. The third kappa shape index (κ3) is 1.62. The minimum atomic E-state index is 1.09. The van der Waals surface area contributed by atoms with Crippen molar-refractivity contribution in [1.29, 1.82) is 0 Å². The summed E-state index contributed by atoms with van der Waals surface area (Å²) in [5, 5.41) is 0. The number of pyridine rings is 1. The average Bonchev–Trinajstić information content (AvgIpc) is 2.16. The van der Waals surface area contributed by atoms with Gasteiger partial charge in [0.25, 0.3) is 0 Å². The van der Waals surface area contributed by atoms with Crippen LogP contribution in [0, 0.1) is 0 Å². The molecular weight excluding hydrogens is 146 g/mol. The van der Waals surface area contributed by atoms with E-state index in [-0.39, 0.29) is 0 Å². The van der Waals surface area contributed by atoms with Crippen LogP contribution in [0.3, 0.4) is 0 Å². The molecule has 1 aromatic heterocycles. The zero-order valence-corrected chi connectivity index (χ0v) is 7.54. The highest BCUT2D eigenvalue weighted by Gasteiger charge is 1.98. The van der Waals surface area contributed by atoms with E-state index >= 15 is 0 Å². The van der Waals surface area contributed by atoms with Crippen LogP contribution in [0.15, 0.2) is 31.1 Å². The third-order valence-corrected chi connectivity index (χ3v) is 1.93. The summed E-state index contributed by atoms with van der Waals surface area (Å²) in [6, 6.07) is 2.01. The van der Waals surface area contributed by atoms with Gasteiger partial charge in [0.05, 0.1) is 0 Å². The number of nitrogens with zero attached hydrogens (tertiary/aromatic N) is 1. The molecule has 1 rings (SSSR count). The maximum Gasteiger partial charge on any atom is 0.0346 e. The highest BCUT2D eigenvalue weighted by Crippen LogP contribution is 2.17. The third-order valence-electron chi connectivity index (χ3n) is 1.93. The van der Waals surface area contributed by atoms with Gasteiger partial charge in [-0.05, 0) is 36.6 Å². The van der Waals surface area contributed by atoms with E-state index in [1.54, 1.807) is 6.20 Å². The summed E-state index contributed by atoms with van der Waals surface area (Å²) in [6.07, 6.45) is 7.54. The number of allylic oxidation sites excluding steroid dienone is 2. The molecule has 1 heteroatoms. The standard InChI is InChI=1S/C11H13N/c1-4-9(3)11-6-7-12-8-10(11)5-2/h4-8H,2H2,1,3H3/b9-4-. The minimum absolute atomic E-state index is 1.09. The number of rotatable bonds is 2.